The summed E-state index contributed by atoms with van der Waals surface area (Å²) < 4.78 is 10.4. The Kier molecular flexibility index (Phi) is 8.40. The highest BCUT2D eigenvalue weighted by Crippen LogP contribution is 2.33. The van der Waals surface area contributed by atoms with Gasteiger partial charge in [0.15, 0.2) is 0 Å². The lowest BCUT2D eigenvalue weighted by Gasteiger charge is -2.29. The van der Waals surface area contributed by atoms with E-state index in [0.29, 0.717) is 13.2 Å². The number of hydrogen-bond acceptors (Lipinski definition) is 4. The van der Waals surface area contributed by atoms with Gasteiger partial charge in [-0.1, -0.05) is 39.0 Å². The SMILES string of the molecule is CCOC(=O)C1CCCCCCCC(C)C1C(=O)OCC. The number of carbonyl (C=O) groups excluding carboxylic acids is 2. The first-order chi connectivity index (χ1) is 10.1. The number of ether oxygens (including phenoxy) is 2. The topological polar surface area (TPSA) is 52.6 Å². The van der Waals surface area contributed by atoms with Crippen molar-refractivity contribution >= 4 is 11.9 Å². The van der Waals surface area contributed by atoms with Crippen LogP contribution in [0.3, 0.4) is 0 Å². The number of hydrogen-bond donors (Lipinski definition) is 0. The first-order valence-corrected chi connectivity index (χ1v) is 8.45. The van der Waals surface area contributed by atoms with E-state index in [-0.39, 0.29) is 29.7 Å². The molecule has 21 heavy (non-hydrogen) atoms. The van der Waals surface area contributed by atoms with Crippen molar-refractivity contribution in [1.82, 2.24) is 0 Å². The third-order valence-corrected chi connectivity index (χ3v) is 4.37. The average Bonchev–Trinajstić information content (AvgIpc) is 2.45. The summed E-state index contributed by atoms with van der Waals surface area (Å²) in [5.74, 6) is -1.01. The molecule has 1 saturated carbocycles. The van der Waals surface area contributed by atoms with E-state index >= 15 is 0 Å². The molecule has 0 saturated heterocycles. The molecule has 0 heterocycles. The normalized spacial score (nSPS) is 27.7. The lowest BCUT2D eigenvalue weighted by Crippen LogP contribution is -2.37. The van der Waals surface area contributed by atoms with Gasteiger partial charge in [0.2, 0.25) is 0 Å². The molecule has 122 valence electrons. The van der Waals surface area contributed by atoms with Crippen LogP contribution in [0, 0.1) is 17.8 Å². The molecule has 4 heteroatoms. The van der Waals surface area contributed by atoms with E-state index < -0.39 is 0 Å². The minimum absolute atomic E-state index is 0.163. The largest absolute Gasteiger partial charge is 0.466 e. The van der Waals surface area contributed by atoms with E-state index in [2.05, 4.69) is 6.92 Å². The molecule has 0 N–H and O–H groups in total. The van der Waals surface area contributed by atoms with Crippen LogP contribution in [-0.2, 0) is 19.1 Å². The molecule has 0 aliphatic heterocycles. The van der Waals surface area contributed by atoms with Gasteiger partial charge in [-0.15, -0.1) is 0 Å². The average molecular weight is 298 g/mol. The maximum absolute atomic E-state index is 12.4. The van der Waals surface area contributed by atoms with Crippen molar-refractivity contribution in [2.45, 2.75) is 65.7 Å². The maximum atomic E-state index is 12.4. The summed E-state index contributed by atoms with van der Waals surface area (Å²) in [5, 5.41) is 0. The van der Waals surface area contributed by atoms with E-state index in [0.717, 1.165) is 32.1 Å². The molecule has 3 atom stereocenters. The molecule has 0 aromatic carbocycles. The van der Waals surface area contributed by atoms with Crippen molar-refractivity contribution in [3.63, 3.8) is 0 Å². The van der Waals surface area contributed by atoms with Gasteiger partial charge in [-0.25, -0.2) is 0 Å². The van der Waals surface area contributed by atoms with Crippen molar-refractivity contribution in [1.29, 1.82) is 0 Å². The van der Waals surface area contributed by atoms with Gasteiger partial charge in [0.25, 0.3) is 0 Å². The standard InChI is InChI=1S/C17H30O4/c1-4-20-16(18)14-12-10-8-6-7-9-11-13(3)15(14)17(19)21-5-2/h13-15H,4-12H2,1-3H3. The molecular weight excluding hydrogens is 268 g/mol. The molecule has 1 aliphatic rings. The van der Waals surface area contributed by atoms with Crippen LogP contribution in [0.4, 0.5) is 0 Å². The Labute approximate surface area is 128 Å². The first kappa shape index (κ1) is 18.0. The van der Waals surface area contributed by atoms with E-state index in [1.54, 1.807) is 6.92 Å². The van der Waals surface area contributed by atoms with Crippen molar-refractivity contribution in [3.05, 3.63) is 0 Å². The monoisotopic (exact) mass is 298 g/mol. The molecule has 3 unspecified atom stereocenters. The molecule has 0 aromatic heterocycles. The number of carbonyl (C=O) groups is 2. The highest BCUT2D eigenvalue weighted by atomic mass is 16.5. The van der Waals surface area contributed by atoms with E-state index in [1.807, 2.05) is 6.92 Å². The van der Waals surface area contributed by atoms with E-state index in [4.69, 9.17) is 9.47 Å². The Morgan fingerprint density at radius 3 is 2.00 bits per heavy atom. The molecule has 0 spiro atoms. The Morgan fingerprint density at radius 1 is 0.857 bits per heavy atom. The first-order valence-electron chi connectivity index (χ1n) is 8.45. The number of esters is 2. The summed E-state index contributed by atoms with van der Waals surface area (Å²) in [6.07, 6.45) is 7.35. The molecular formula is C17H30O4. The van der Waals surface area contributed by atoms with Crippen molar-refractivity contribution in [2.75, 3.05) is 13.2 Å². The third-order valence-electron chi connectivity index (χ3n) is 4.37. The van der Waals surface area contributed by atoms with E-state index in [1.165, 1.54) is 12.8 Å². The van der Waals surface area contributed by atoms with Crippen LogP contribution in [0.2, 0.25) is 0 Å². The maximum Gasteiger partial charge on any atom is 0.310 e. The van der Waals surface area contributed by atoms with Crippen LogP contribution in [0.15, 0.2) is 0 Å². The van der Waals surface area contributed by atoms with Crippen LogP contribution >= 0.6 is 0 Å². The van der Waals surface area contributed by atoms with Gasteiger partial charge in [-0.05, 0) is 32.6 Å². The van der Waals surface area contributed by atoms with Gasteiger partial charge in [0.1, 0.15) is 0 Å². The zero-order chi connectivity index (χ0) is 15.7. The summed E-state index contributed by atoms with van der Waals surface area (Å²) >= 11 is 0. The Morgan fingerprint density at radius 2 is 1.38 bits per heavy atom. The number of rotatable bonds is 4. The van der Waals surface area contributed by atoms with Crippen molar-refractivity contribution < 1.29 is 19.1 Å². The molecule has 1 rings (SSSR count). The third kappa shape index (κ3) is 5.68. The molecule has 0 bridgehead atoms. The Balaban J connectivity index is 2.93. The van der Waals surface area contributed by atoms with Gasteiger partial charge in [-0.3, -0.25) is 9.59 Å². The lowest BCUT2D eigenvalue weighted by molar-refractivity contribution is -0.163. The second kappa shape index (κ2) is 9.80. The summed E-state index contributed by atoms with van der Waals surface area (Å²) in [5.41, 5.74) is 0. The van der Waals surface area contributed by atoms with Gasteiger partial charge in [-0.2, -0.15) is 0 Å². The summed E-state index contributed by atoms with van der Waals surface area (Å²) in [6.45, 7) is 6.40. The lowest BCUT2D eigenvalue weighted by atomic mass is 9.76. The molecule has 4 nitrogen and oxygen atoms in total. The summed E-state index contributed by atoms with van der Waals surface area (Å²) in [6, 6.07) is 0. The predicted molar refractivity (Wildman–Crippen MR) is 81.7 cm³/mol. The summed E-state index contributed by atoms with van der Waals surface area (Å²) in [4.78, 5) is 24.7. The highest BCUT2D eigenvalue weighted by molar-refractivity contribution is 5.82. The fourth-order valence-electron chi connectivity index (χ4n) is 3.27. The predicted octanol–water partition coefficient (Wildman–Crippen LogP) is 3.73. The zero-order valence-electron chi connectivity index (χ0n) is 13.7. The minimum atomic E-state index is -0.359. The van der Waals surface area contributed by atoms with Gasteiger partial charge >= 0.3 is 11.9 Å². The smallest absolute Gasteiger partial charge is 0.310 e. The molecule has 0 radical (unpaired) electrons. The highest BCUT2D eigenvalue weighted by Gasteiger charge is 2.39. The van der Waals surface area contributed by atoms with Gasteiger partial charge in [0, 0.05) is 0 Å². The van der Waals surface area contributed by atoms with Gasteiger partial charge < -0.3 is 9.47 Å². The Hall–Kier alpha value is -1.06. The quantitative estimate of drug-likeness (QED) is 0.742. The summed E-state index contributed by atoms with van der Waals surface area (Å²) in [7, 11) is 0. The second-order valence-corrected chi connectivity index (χ2v) is 5.96. The van der Waals surface area contributed by atoms with Crippen molar-refractivity contribution in [2.24, 2.45) is 17.8 Å². The van der Waals surface area contributed by atoms with Crippen molar-refractivity contribution in [3.8, 4) is 0 Å². The fourth-order valence-corrected chi connectivity index (χ4v) is 3.27. The van der Waals surface area contributed by atoms with Gasteiger partial charge in [0.05, 0.1) is 25.0 Å². The second-order valence-electron chi connectivity index (χ2n) is 5.96. The molecule has 1 fully saturated rings. The molecule has 0 aromatic rings. The van der Waals surface area contributed by atoms with Crippen LogP contribution in [-0.4, -0.2) is 25.2 Å². The van der Waals surface area contributed by atoms with Crippen LogP contribution in [0.5, 0.6) is 0 Å². The Bertz CT molecular complexity index is 327. The minimum Gasteiger partial charge on any atom is -0.466 e. The molecule has 0 amide bonds. The van der Waals surface area contributed by atoms with Crippen LogP contribution in [0.25, 0.3) is 0 Å². The molecule has 1 aliphatic carbocycles. The van der Waals surface area contributed by atoms with E-state index in [9.17, 15) is 9.59 Å². The van der Waals surface area contributed by atoms with Crippen LogP contribution < -0.4 is 0 Å². The fraction of sp³-hybridized carbons (Fsp3) is 0.882. The van der Waals surface area contributed by atoms with Crippen LogP contribution in [0.1, 0.15) is 65.7 Å². The zero-order valence-corrected chi connectivity index (χ0v) is 13.7.